The quantitative estimate of drug-likeness (QED) is 0.605. The average molecular weight is 188 g/mol. The van der Waals surface area contributed by atoms with Gasteiger partial charge in [0, 0.05) is 18.6 Å². The molecule has 13 heavy (non-hydrogen) atoms. The number of aromatic nitrogens is 1. The molecule has 0 aliphatic heterocycles. The van der Waals surface area contributed by atoms with E-state index >= 15 is 0 Å². The third-order valence-corrected chi connectivity index (χ3v) is 1.51. The molecule has 0 saturated carbocycles. The second-order valence-electron chi connectivity index (χ2n) is 2.38. The molecule has 0 atom stereocenters. The second kappa shape index (κ2) is 3.34. The summed E-state index contributed by atoms with van der Waals surface area (Å²) in [6.07, 6.45) is 1.37. The summed E-state index contributed by atoms with van der Waals surface area (Å²) in [6, 6.07) is 2.40. The summed E-state index contributed by atoms with van der Waals surface area (Å²) in [7, 11) is 1.37. The van der Waals surface area contributed by atoms with Crippen molar-refractivity contribution >= 4 is 5.91 Å². The van der Waals surface area contributed by atoms with Crippen LogP contribution in [0.1, 0.15) is 10.4 Å². The zero-order valence-corrected chi connectivity index (χ0v) is 6.70. The van der Waals surface area contributed by atoms with E-state index in [-0.39, 0.29) is 0 Å². The van der Waals surface area contributed by atoms with Crippen LogP contribution in [0.2, 0.25) is 0 Å². The van der Waals surface area contributed by atoms with Crippen LogP contribution in [0.3, 0.4) is 0 Å². The highest BCUT2D eigenvalue weighted by atomic mass is 19.4. The van der Waals surface area contributed by atoms with Crippen LogP contribution in [0, 0.1) is 0 Å². The molecular weight excluding hydrogens is 182 g/mol. The lowest BCUT2D eigenvalue weighted by molar-refractivity contribution is -0.108. The van der Waals surface area contributed by atoms with Gasteiger partial charge < -0.3 is 4.57 Å². The van der Waals surface area contributed by atoms with E-state index in [4.69, 9.17) is 0 Å². The van der Waals surface area contributed by atoms with E-state index in [2.05, 4.69) is 0 Å². The largest absolute Gasteiger partial charge is 0.319 e. The molecule has 1 aromatic heterocycles. The minimum atomic E-state index is -1.61. The van der Waals surface area contributed by atoms with Gasteiger partial charge in [-0.15, -0.1) is 0 Å². The van der Waals surface area contributed by atoms with E-state index in [1.807, 2.05) is 0 Å². The van der Waals surface area contributed by atoms with Crippen molar-refractivity contribution < 1.29 is 13.8 Å². The molecule has 6 heteroatoms. The van der Waals surface area contributed by atoms with Gasteiger partial charge in [0.1, 0.15) is 5.56 Å². The molecule has 0 spiro atoms. The van der Waals surface area contributed by atoms with Crippen molar-refractivity contribution in [2.75, 3.05) is 0 Å². The first-order valence-corrected chi connectivity index (χ1v) is 3.35. The third-order valence-electron chi connectivity index (χ3n) is 1.51. The molecule has 4 nitrogen and oxygen atoms in total. The maximum Gasteiger partial charge on any atom is 0.319 e. The number of hydrogen-bond acceptors (Lipinski definition) is 2. The molecule has 1 heterocycles. The smallest absolute Gasteiger partial charge is 0.318 e. The molecule has 1 amide bonds. The zero-order valence-electron chi connectivity index (χ0n) is 6.70. The summed E-state index contributed by atoms with van der Waals surface area (Å²) in [5, 5.41) is -1.61. The molecular formula is C7H6F2N2O2. The van der Waals surface area contributed by atoms with Gasteiger partial charge >= 0.3 is 5.91 Å². The van der Waals surface area contributed by atoms with E-state index in [9.17, 15) is 18.6 Å². The maximum absolute atomic E-state index is 11.8. The number of rotatable bonds is 1. The monoisotopic (exact) mass is 188 g/mol. The van der Waals surface area contributed by atoms with Gasteiger partial charge in [-0.2, -0.15) is 0 Å². The van der Waals surface area contributed by atoms with Gasteiger partial charge in [0.2, 0.25) is 0 Å². The summed E-state index contributed by atoms with van der Waals surface area (Å²) in [4.78, 5) is 21.8. The topological polar surface area (TPSA) is 42.3 Å². The Hall–Kier alpha value is -1.72. The summed E-state index contributed by atoms with van der Waals surface area (Å²) in [5.74, 6) is -1.60. The number of aryl methyl sites for hydroxylation is 1. The summed E-state index contributed by atoms with van der Waals surface area (Å²) in [6.45, 7) is 0. The fraction of sp³-hybridized carbons (Fsp3) is 0.143. The Morgan fingerprint density at radius 1 is 1.54 bits per heavy atom. The van der Waals surface area contributed by atoms with Crippen molar-refractivity contribution in [1.29, 1.82) is 0 Å². The fourth-order valence-electron chi connectivity index (χ4n) is 0.851. The van der Waals surface area contributed by atoms with Gasteiger partial charge in [-0.3, -0.25) is 9.59 Å². The summed E-state index contributed by atoms with van der Waals surface area (Å²) >= 11 is 0. The van der Waals surface area contributed by atoms with Crippen LogP contribution in [-0.2, 0) is 7.05 Å². The first-order chi connectivity index (χ1) is 6.04. The van der Waals surface area contributed by atoms with Crippen molar-refractivity contribution in [3.63, 3.8) is 0 Å². The average Bonchev–Trinajstić information content (AvgIpc) is 2.08. The second-order valence-corrected chi connectivity index (χ2v) is 2.38. The number of hydrogen-bond donors (Lipinski definition) is 0. The molecule has 1 aromatic rings. The van der Waals surface area contributed by atoms with E-state index in [0.29, 0.717) is 0 Å². The lowest BCUT2D eigenvalue weighted by atomic mass is 10.2. The number of amides is 1. The van der Waals surface area contributed by atoms with Crippen LogP contribution in [0.4, 0.5) is 8.96 Å². The standard InChI is InChI=1S/C7H6F2N2O2/c1-10-4-2-3-5(6(10)12)7(13)11(8)9/h2-4H,1H3. The van der Waals surface area contributed by atoms with Crippen molar-refractivity contribution in [3.05, 3.63) is 34.2 Å². The number of carbonyl (C=O) groups excluding carboxylic acids is 1. The Morgan fingerprint density at radius 3 is 2.69 bits per heavy atom. The highest BCUT2D eigenvalue weighted by molar-refractivity contribution is 5.92. The Balaban J connectivity index is 3.24. The van der Waals surface area contributed by atoms with Gasteiger partial charge in [0.25, 0.3) is 5.56 Å². The number of carbonyl (C=O) groups is 1. The number of halogens is 2. The van der Waals surface area contributed by atoms with Crippen molar-refractivity contribution in [3.8, 4) is 0 Å². The fourth-order valence-corrected chi connectivity index (χ4v) is 0.851. The molecule has 1 rings (SSSR count). The summed E-state index contributed by atoms with van der Waals surface area (Å²) in [5.41, 5.74) is -1.29. The number of pyridine rings is 1. The van der Waals surface area contributed by atoms with Gasteiger partial charge in [0.15, 0.2) is 0 Å². The van der Waals surface area contributed by atoms with Gasteiger partial charge in [-0.1, -0.05) is 8.96 Å². The Bertz CT molecular complexity index is 386. The predicted octanol–water partition coefficient (Wildman–Crippen LogP) is 0.597. The SMILES string of the molecule is Cn1cccc(C(=O)N(F)F)c1=O. The molecule has 0 N–H and O–H groups in total. The number of nitrogens with zero attached hydrogens (tertiary/aromatic N) is 2. The predicted molar refractivity (Wildman–Crippen MR) is 40.1 cm³/mol. The first-order valence-electron chi connectivity index (χ1n) is 3.35. The van der Waals surface area contributed by atoms with E-state index in [1.54, 1.807) is 0 Å². The van der Waals surface area contributed by atoms with Crippen molar-refractivity contribution in [2.24, 2.45) is 7.05 Å². The van der Waals surface area contributed by atoms with Gasteiger partial charge in [-0.25, -0.2) is 0 Å². The molecule has 0 fully saturated rings. The zero-order chi connectivity index (χ0) is 10.0. The van der Waals surface area contributed by atoms with E-state index in [0.717, 1.165) is 10.6 Å². The maximum atomic E-state index is 11.8. The highest BCUT2D eigenvalue weighted by Gasteiger charge is 2.18. The van der Waals surface area contributed by atoms with Crippen molar-refractivity contribution in [1.82, 2.24) is 9.91 Å². The minimum absolute atomic E-state index is 0.546. The molecule has 0 aliphatic rings. The van der Waals surface area contributed by atoms with Crippen LogP contribution in [0.15, 0.2) is 23.1 Å². The first kappa shape index (κ1) is 9.37. The molecule has 0 radical (unpaired) electrons. The third kappa shape index (κ3) is 1.71. The van der Waals surface area contributed by atoms with Crippen LogP contribution < -0.4 is 5.56 Å². The van der Waals surface area contributed by atoms with Gasteiger partial charge in [0.05, 0.1) is 0 Å². The highest BCUT2D eigenvalue weighted by Crippen LogP contribution is 2.00. The lowest BCUT2D eigenvalue weighted by Gasteiger charge is -2.01. The van der Waals surface area contributed by atoms with E-state index in [1.165, 1.54) is 19.3 Å². The van der Waals surface area contributed by atoms with E-state index < -0.39 is 22.4 Å². The van der Waals surface area contributed by atoms with Gasteiger partial charge in [-0.05, 0) is 12.1 Å². The molecule has 0 aliphatic carbocycles. The molecule has 0 saturated heterocycles. The Labute approximate surface area is 71.9 Å². The van der Waals surface area contributed by atoms with Crippen molar-refractivity contribution in [2.45, 2.75) is 0 Å². The summed E-state index contributed by atoms with van der Waals surface area (Å²) < 4.78 is 24.6. The Morgan fingerprint density at radius 2 is 2.15 bits per heavy atom. The molecule has 0 unspecified atom stereocenters. The van der Waals surface area contributed by atoms with Crippen LogP contribution in [0.25, 0.3) is 0 Å². The van der Waals surface area contributed by atoms with Crippen LogP contribution in [-0.4, -0.2) is 15.8 Å². The molecule has 0 aromatic carbocycles. The van der Waals surface area contributed by atoms with Crippen LogP contribution >= 0.6 is 0 Å². The molecule has 70 valence electrons. The Kier molecular flexibility index (Phi) is 2.41. The minimum Gasteiger partial charge on any atom is -0.318 e. The van der Waals surface area contributed by atoms with Crippen LogP contribution in [0.5, 0.6) is 0 Å². The normalized spacial score (nSPS) is 9.77. The molecule has 0 bridgehead atoms. The lowest BCUT2D eigenvalue weighted by Crippen LogP contribution is -2.27.